The van der Waals surface area contributed by atoms with Crippen LogP contribution < -0.4 is 0 Å². The number of rotatable bonds is 6. The summed E-state index contributed by atoms with van der Waals surface area (Å²) in [4.78, 5) is 11.8. The van der Waals surface area contributed by atoms with E-state index in [0.29, 0.717) is 5.56 Å². The number of esters is 1. The molecule has 2 rings (SSSR count). The number of aliphatic hydroxyl groups is 2. The molecule has 1 fully saturated rings. The van der Waals surface area contributed by atoms with Crippen LogP contribution in [0.15, 0.2) is 30.3 Å². The number of hydrogen-bond acceptors (Lipinski definition) is 6. The zero-order chi connectivity index (χ0) is 15.2. The zero-order valence-corrected chi connectivity index (χ0v) is 11.2. The lowest BCUT2D eigenvalue weighted by molar-refractivity contribution is -0.101. The minimum absolute atomic E-state index is 0.227. The minimum atomic E-state index is -1.59. The third-order valence-corrected chi connectivity index (χ3v) is 3.22. The van der Waals surface area contributed by atoms with Crippen molar-refractivity contribution in [3.8, 4) is 0 Å². The molecule has 0 spiro atoms. The van der Waals surface area contributed by atoms with Crippen LogP contribution in [-0.4, -0.2) is 60.7 Å². The standard InChI is InChI=1S/C14H17FO6/c15-12-10(6-16)21-11(13(12)20-8-17)7-19-14(18)9-4-2-1-3-5-9/h1-5,10-13,16-17H,6-8H2/t10-,11+,12?,13?/m0/s1. The maximum atomic E-state index is 13.9. The highest BCUT2D eigenvalue weighted by Crippen LogP contribution is 2.26. The first-order valence-electron chi connectivity index (χ1n) is 6.52. The summed E-state index contributed by atoms with van der Waals surface area (Å²) in [7, 11) is 0. The smallest absolute Gasteiger partial charge is 0.338 e. The van der Waals surface area contributed by atoms with Crippen molar-refractivity contribution < 1.29 is 33.6 Å². The molecule has 0 aromatic heterocycles. The van der Waals surface area contributed by atoms with Gasteiger partial charge in [-0.15, -0.1) is 0 Å². The number of carbonyl (C=O) groups is 1. The number of alkyl halides is 1. The molecule has 1 saturated heterocycles. The Bertz CT molecular complexity index is 454. The first-order valence-corrected chi connectivity index (χ1v) is 6.52. The molecule has 1 heterocycles. The van der Waals surface area contributed by atoms with Crippen LogP contribution in [0.4, 0.5) is 4.39 Å². The molecular formula is C14H17FO6. The molecule has 4 atom stereocenters. The molecule has 21 heavy (non-hydrogen) atoms. The summed E-state index contributed by atoms with van der Waals surface area (Å²) >= 11 is 0. The lowest BCUT2D eigenvalue weighted by Crippen LogP contribution is -2.36. The van der Waals surface area contributed by atoms with Gasteiger partial charge in [-0.05, 0) is 12.1 Å². The Morgan fingerprint density at radius 1 is 1.24 bits per heavy atom. The van der Waals surface area contributed by atoms with E-state index in [1.165, 1.54) is 0 Å². The van der Waals surface area contributed by atoms with Gasteiger partial charge in [0.1, 0.15) is 31.7 Å². The van der Waals surface area contributed by atoms with E-state index in [-0.39, 0.29) is 6.61 Å². The fourth-order valence-corrected chi connectivity index (χ4v) is 2.17. The predicted molar refractivity (Wildman–Crippen MR) is 69.3 cm³/mol. The van der Waals surface area contributed by atoms with Gasteiger partial charge in [-0.2, -0.15) is 0 Å². The molecule has 1 aliphatic rings. The minimum Gasteiger partial charge on any atom is -0.459 e. The Morgan fingerprint density at radius 3 is 2.57 bits per heavy atom. The molecule has 0 bridgehead atoms. The average Bonchev–Trinajstić information content (AvgIpc) is 2.82. The van der Waals surface area contributed by atoms with Crippen molar-refractivity contribution in [3.05, 3.63) is 35.9 Å². The van der Waals surface area contributed by atoms with E-state index in [4.69, 9.17) is 24.4 Å². The van der Waals surface area contributed by atoms with Gasteiger partial charge in [-0.1, -0.05) is 18.2 Å². The van der Waals surface area contributed by atoms with Crippen LogP contribution in [0.3, 0.4) is 0 Å². The molecule has 1 aromatic carbocycles. The van der Waals surface area contributed by atoms with E-state index in [9.17, 15) is 9.18 Å². The van der Waals surface area contributed by atoms with Crippen LogP contribution >= 0.6 is 0 Å². The molecule has 6 nitrogen and oxygen atoms in total. The van der Waals surface area contributed by atoms with Crippen molar-refractivity contribution in [2.75, 3.05) is 20.0 Å². The van der Waals surface area contributed by atoms with Crippen LogP contribution in [0.2, 0.25) is 0 Å². The molecule has 7 heteroatoms. The Morgan fingerprint density at radius 2 is 1.95 bits per heavy atom. The van der Waals surface area contributed by atoms with E-state index in [2.05, 4.69) is 0 Å². The second-order valence-electron chi connectivity index (χ2n) is 4.56. The van der Waals surface area contributed by atoms with Crippen LogP contribution in [0, 0.1) is 0 Å². The highest BCUT2D eigenvalue weighted by molar-refractivity contribution is 5.89. The van der Waals surface area contributed by atoms with Gasteiger partial charge in [-0.3, -0.25) is 0 Å². The van der Waals surface area contributed by atoms with Crippen molar-refractivity contribution in [3.63, 3.8) is 0 Å². The van der Waals surface area contributed by atoms with Gasteiger partial charge in [0, 0.05) is 0 Å². The summed E-state index contributed by atoms with van der Waals surface area (Å²) in [5.74, 6) is -0.565. The molecule has 116 valence electrons. The summed E-state index contributed by atoms with van der Waals surface area (Å²) in [6.07, 6.45) is -4.61. The van der Waals surface area contributed by atoms with Crippen molar-refractivity contribution in [2.45, 2.75) is 24.5 Å². The second kappa shape index (κ2) is 7.46. The molecule has 2 unspecified atom stereocenters. The predicted octanol–water partition coefficient (Wildman–Crippen LogP) is 0.276. The molecule has 1 aromatic rings. The van der Waals surface area contributed by atoms with Gasteiger partial charge in [0.05, 0.1) is 12.2 Å². The molecule has 0 saturated carbocycles. The Hall–Kier alpha value is -1.54. The third-order valence-electron chi connectivity index (χ3n) is 3.22. The van der Waals surface area contributed by atoms with Crippen molar-refractivity contribution in [1.29, 1.82) is 0 Å². The van der Waals surface area contributed by atoms with E-state index in [0.717, 1.165) is 0 Å². The largest absolute Gasteiger partial charge is 0.459 e. The van der Waals surface area contributed by atoms with Crippen LogP contribution in [0.1, 0.15) is 10.4 Å². The van der Waals surface area contributed by atoms with Crippen molar-refractivity contribution in [1.82, 2.24) is 0 Å². The molecule has 0 aliphatic carbocycles. The average molecular weight is 300 g/mol. The summed E-state index contributed by atoms with van der Waals surface area (Å²) in [5, 5.41) is 17.8. The van der Waals surface area contributed by atoms with E-state index >= 15 is 0 Å². The van der Waals surface area contributed by atoms with Gasteiger partial charge in [0.15, 0.2) is 6.17 Å². The first kappa shape index (κ1) is 15.8. The number of halogens is 1. The van der Waals surface area contributed by atoms with Gasteiger partial charge in [0.2, 0.25) is 0 Å². The summed E-state index contributed by atoms with van der Waals surface area (Å²) in [5.41, 5.74) is 0.366. The molecule has 0 radical (unpaired) electrons. The maximum absolute atomic E-state index is 13.9. The third kappa shape index (κ3) is 3.76. The molecule has 1 aliphatic heterocycles. The number of benzene rings is 1. The number of ether oxygens (including phenoxy) is 3. The highest BCUT2D eigenvalue weighted by atomic mass is 19.1. The topological polar surface area (TPSA) is 85.2 Å². The zero-order valence-electron chi connectivity index (χ0n) is 11.2. The lowest BCUT2D eigenvalue weighted by atomic mass is 10.1. The first-order chi connectivity index (χ1) is 10.2. The van der Waals surface area contributed by atoms with Gasteiger partial charge < -0.3 is 24.4 Å². The van der Waals surface area contributed by atoms with Gasteiger partial charge in [0.25, 0.3) is 0 Å². The fraction of sp³-hybridized carbons (Fsp3) is 0.500. The monoisotopic (exact) mass is 300 g/mol. The molecular weight excluding hydrogens is 283 g/mol. The van der Waals surface area contributed by atoms with E-state index in [1.54, 1.807) is 30.3 Å². The summed E-state index contributed by atoms with van der Waals surface area (Å²) < 4.78 is 29.0. The summed E-state index contributed by atoms with van der Waals surface area (Å²) in [6, 6.07) is 8.34. The number of aliphatic hydroxyl groups excluding tert-OH is 2. The Labute approximate surface area is 121 Å². The Kier molecular flexibility index (Phi) is 5.63. The SMILES string of the molecule is O=C(OC[C@H]1O[C@@H](CO)C(F)C1OCO)c1ccccc1. The normalized spacial score (nSPS) is 28.5. The van der Waals surface area contributed by atoms with Crippen LogP contribution in [-0.2, 0) is 14.2 Å². The maximum Gasteiger partial charge on any atom is 0.338 e. The molecule has 2 N–H and O–H groups in total. The number of carbonyl (C=O) groups excluding carboxylic acids is 1. The summed E-state index contributed by atoms with van der Waals surface area (Å²) in [6.45, 7) is -1.43. The van der Waals surface area contributed by atoms with Gasteiger partial charge >= 0.3 is 5.97 Å². The lowest BCUT2D eigenvalue weighted by Gasteiger charge is -2.18. The fourth-order valence-electron chi connectivity index (χ4n) is 2.17. The highest BCUT2D eigenvalue weighted by Gasteiger charge is 2.46. The van der Waals surface area contributed by atoms with Crippen molar-refractivity contribution in [2.24, 2.45) is 0 Å². The quantitative estimate of drug-likeness (QED) is 0.580. The van der Waals surface area contributed by atoms with Crippen LogP contribution in [0.5, 0.6) is 0 Å². The number of hydrogen-bond donors (Lipinski definition) is 2. The van der Waals surface area contributed by atoms with Crippen LogP contribution in [0.25, 0.3) is 0 Å². The van der Waals surface area contributed by atoms with Gasteiger partial charge in [-0.25, -0.2) is 9.18 Å². The van der Waals surface area contributed by atoms with E-state index < -0.39 is 43.9 Å². The van der Waals surface area contributed by atoms with E-state index in [1.807, 2.05) is 0 Å². The molecule has 0 amide bonds. The van der Waals surface area contributed by atoms with Crippen molar-refractivity contribution >= 4 is 5.97 Å². The second-order valence-corrected chi connectivity index (χ2v) is 4.56. The Balaban J connectivity index is 1.93.